The summed E-state index contributed by atoms with van der Waals surface area (Å²) < 4.78 is 0. The number of carbonyl (C=O) groups is 2. The Morgan fingerprint density at radius 2 is 1.88 bits per heavy atom. The largest absolute Gasteiger partial charge is 0.357 e. The maximum Gasteiger partial charge on any atom is 0.227 e. The van der Waals surface area contributed by atoms with Crippen molar-refractivity contribution in [2.45, 2.75) is 58.9 Å². The van der Waals surface area contributed by atoms with Crippen molar-refractivity contribution in [3.05, 3.63) is 69.3 Å². The molecule has 6 heteroatoms. The highest BCUT2D eigenvalue weighted by atomic mass is 35.5. The van der Waals surface area contributed by atoms with E-state index >= 15 is 0 Å². The number of rotatable bonds is 4. The number of benzene rings is 2. The van der Waals surface area contributed by atoms with Crippen LogP contribution < -0.4 is 10.2 Å². The topological polar surface area (TPSA) is 49.4 Å². The molecule has 0 spiro atoms. The zero-order valence-corrected chi connectivity index (χ0v) is 20.2. The van der Waals surface area contributed by atoms with Crippen LogP contribution in [0.4, 0.5) is 11.4 Å². The first-order valence-electron chi connectivity index (χ1n) is 11.1. The number of nitrogens with one attached hydrogen (secondary N) is 1. The van der Waals surface area contributed by atoms with Crippen molar-refractivity contribution < 1.29 is 9.59 Å². The van der Waals surface area contributed by atoms with E-state index in [1.807, 2.05) is 30.3 Å². The Kier molecular flexibility index (Phi) is 6.37. The summed E-state index contributed by atoms with van der Waals surface area (Å²) in [7, 11) is 0. The third-order valence-corrected chi connectivity index (χ3v) is 6.91. The zero-order chi connectivity index (χ0) is 23.0. The number of halogens is 2. The van der Waals surface area contributed by atoms with Crippen molar-refractivity contribution in [2.24, 2.45) is 5.41 Å². The van der Waals surface area contributed by atoms with Gasteiger partial charge in [0.15, 0.2) is 5.78 Å². The molecule has 0 saturated carbocycles. The summed E-state index contributed by atoms with van der Waals surface area (Å²) in [6.45, 7) is 6.27. The van der Waals surface area contributed by atoms with Gasteiger partial charge in [0.25, 0.3) is 0 Å². The number of hydrogen-bond donors (Lipinski definition) is 1. The Bertz CT molecular complexity index is 1110. The van der Waals surface area contributed by atoms with Crippen molar-refractivity contribution in [2.75, 3.05) is 10.2 Å². The van der Waals surface area contributed by atoms with Gasteiger partial charge in [-0.25, -0.2) is 0 Å². The molecule has 0 fully saturated rings. The molecule has 0 aromatic heterocycles. The minimum absolute atomic E-state index is 0.0106. The summed E-state index contributed by atoms with van der Waals surface area (Å²) >= 11 is 12.6. The number of para-hydroxylation sites is 2. The normalized spacial score (nSPS) is 19.7. The van der Waals surface area contributed by atoms with Crippen LogP contribution in [0.2, 0.25) is 10.0 Å². The van der Waals surface area contributed by atoms with Crippen molar-refractivity contribution in [1.29, 1.82) is 0 Å². The van der Waals surface area contributed by atoms with Crippen molar-refractivity contribution in [3.8, 4) is 0 Å². The van der Waals surface area contributed by atoms with Crippen molar-refractivity contribution in [1.82, 2.24) is 0 Å². The third kappa shape index (κ3) is 4.31. The lowest BCUT2D eigenvalue weighted by molar-refractivity contribution is -0.119. The van der Waals surface area contributed by atoms with Gasteiger partial charge in [-0.15, -0.1) is 0 Å². The molecule has 0 saturated heterocycles. The predicted octanol–water partition coefficient (Wildman–Crippen LogP) is 7.33. The second-order valence-electron chi connectivity index (χ2n) is 9.42. The lowest BCUT2D eigenvalue weighted by Crippen LogP contribution is -2.39. The van der Waals surface area contributed by atoms with Gasteiger partial charge in [-0.05, 0) is 48.1 Å². The van der Waals surface area contributed by atoms with Gasteiger partial charge in [0.2, 0.25) is 5.91 Å². The molecule has 1 aliphatic carbocycles. The highest BCUT2D eigenvalue weighted by molar-refractivity contribution is 6.42. The quantitative estimate of drug-likeness (QED) is 0.508. The number of carbonyl (C=O) groups excluding carboxylic acids is 2. The van der Waals surface area contributed by atoms with Gasteiger partial charge in [-0.1, -0.05) is 68.6 Å². The maximum atomic E-state index is 13.6. The molecule has 1 heterocycles. The highest BCUT2D eigenvalue weighted by Crippen LogP contribution is 2.49. The molecule has 2 aromatic rings. The average molecular weight is 471 g/mol. The number of hydrogen-bond acceptors (Lipinski definition) is 3. The molecule has 1 amide bonds. The van der Waals surface area contributed by atoms with E-state index in [4.69, 9.17) is 23.2 Å². The Labute approximate surface area is 199 Å². The summed E-state index contributed by atoms with van der Waals surface area (Å²) in [6, 6.07) is 12.6. The standard InChI is InChI=1S/C26H28Cl2N2O2/c1-4-5-10-23(32)30-21-9-7-6-8-19(21)29-20-14-26(2,3)15-22(31)24(20)25(30)16-11-12-17(27)18(28)13-16/h6-9,11-13,25,29H,4-5,10,14-15H2,1-3H3/t25-/m0/s1. The van der Waals surface area contributed by atoms with Crippen LogP contribution in [-0.4, -0.2) is 11.7 Å². The Morgan fingerprint density at radius 1 is 1.12 bits per heavy atom. The van der Waals surface area contributed by atoms with E-state index in [2.05, 4.69) is 26.1 Å². The van der Waals surface area contributed by atoms with Crippen LogP contribution >= 0.6 is 23.2 Å². The van der Waals surface area contributed by atoms with E-state index in [0.717, 1.165) is 41.9 Å². The fourth-order valence-electron chi connectivity index (χ4n) is 4.71. The molecular weight excluding hydrogens is 443 g/mol. The predicted molar refractivity (Wildman–Crippen MR) is 131 cm³/mol. The number of ketones is 1. The molecule has 2 aromatic carbocycles. The second kappa shape index (κ2) is 8.92. The molecule has 32 heavy (non-hydrogen) atoms. The van der Waals surface area contributed by atoms with Crippen LogP contribution in [0.15, 0.2) is 53.7 Å². The molecule has 2 aliphatic rings. The number of Topliss-reactive ketones (excluding diaryl/α,β-unsaturated/α-hetero) is 1. The smallest absolute Gasteiger partial charge is 0.227 e. The van der Waals surface area contributed by atoms with Gasteiger partial charge in [0.05, 0.1) is 27.5 Å². The van der Waals surface area contributed by atoms with E-state index in [0.29, 0.717) is 28.5 Å². The van der Waals surface area contributed by atoms with Crippen LogP contribution in [-0.2, 0) is 9.59 Å². The second-order valence-corrected chi connectivity index (χ2v) is 10.2. The number of amides is 1. The van der Waals surface area contributed by atoms with E-state index < -0.39 is 6.04 Å². The van der Waals surface area contributed by atoms with Gasteiger partial charge in [0, 0.05) is 24.1 Å². The van der Waals surface area contributed by atoms with E-state index in [9.17, 15) is 9.59 Å². The number of allylic oxidation sites excluding steroid dienone is 1. The summed E-state index contributed by atoms with van der Waals surface area (Å²) in [5.41, 5.74) is 3.73. The van der Waals surface area contributed by atoms with Crippen LogP contribution in [0.5, 0.6) is 0 Å². The molecule has 1 atom stereocenters. The SMILES string of the molecule is CCCCC(=O)N1c2ccccc2NC2=C(C(=O)CC(C)(C)C2)[C@@H]1c1ccc(Cl)c(Cl)c1. The molecular formula is C26H28Cl2N2O2. The summed E-state index contributed by atoms with van der Waals surface area (Å²) in [5.74, 6) is 0.0458. The lowest BCUT2D eigenvalue weighted by Gasteiger charge is -2.37. The summed E-state index contributed by atoms with van der Waals surface area (Å²) in [4.78, 5) is 29.0. The molecule has 0 unspecified atom stereocenters. The molecule has 4 nitrogen and oxygen atoms in total. The van der Waals surface area contributed by atoms with Crippen LogP contribution in [0, 0.1) is 5.41 Å². The van der Waals surface area contributed by atoms with Crippen LogP contribution in [0.1, 0.15) is 64.5 Å². The minimum atomic E-state index is -0.566. The van der Waals surface area contributed by atoms with Gasteiger partial charge in [-0.2, -0.15) is 0 Å². The number of anilines is 2. The van der Waals surface area contributed by atoms with Gasteiger partial charge in [-0.3, -0.25) is 14.5 Å². The average Bonchev–Trinajstić information content (AvgIpc) is 2.87. The molecule has 1 aliphatic heterocycles. The van der Waals surface area contributed by atoms with E-state index in [1.54, 1.807) is 17.0 Å². The Morgan fingerprint density at radius 3 is 2.59 bits per heavy atom. The third-order valence-electron chi connectivity index (χ3n) is 6.17. The van der Waals surface area contributed by atoms with Crippen LogP contribution in [0.25, 0.3) is 0 Å². The molecule has 168 valence electrons. The molecule has 4 rings (SSSR count). The van der Waals surface area contributed by atoms with Gasteiger partial charge >= 0.3 is 0 Å². The molecule has 0 radical (unpaired) electrons. The summed E-state index contributed by atoms with van der Waals surface area (Å²) in [5, 5.41) is 4.37. The first-order valence-corrected chi connectivity index (χ1v) is 11.9. The lowest BCUT2D eigenvalue weighted by atomic mass is 9.73. The van der Waals surface area contributed by atoms with Gasteiger partial charge in [0.1, 0.15) is 0 Å². The van der Waals surface area contributed by atoms with Crippen molar-refractivity contribution in [3.63, 3.8) is 0 Å². The highest BCUT2D eigenvalue weighted by Gasteiger charge is 2.43. The zero-order valence-electron chi connectivity index (χ0n) is 18.7. The fraction of sp³-hybridized carbons (Fsp3) is 0.385. The first-order chi connectivity index (χ1) is 15.2. The number of fused-ring (bicyclic) bond motifs is 1. The monoisotopic (exact) mass is 470 g/mol. The van der Waals surface area contributed by atoms with E-state index in [1.165, 1.54) is 0 Å². The Balaban J connectivity index is 1.98. The van der Waals surface area contributed by atoms with Gasteiger partial charge < -0.3 is 5.32 Å². The Hall–Kier alpha value is -2.30. The number of nitrogens with zero attached hydrogens (tertiary/aromatic N) is 1. The number of unbranched alkanes of at least 4 members (excludes halogenated alkanes) is 1. The summed E-state index contributed by atoms with van der Waals surface area (Å²) in [6.07, 6.45) is 3.25. The fourth-order valence-corrected chi connectivity index (χ4v) is 5.02. The molecule has 0 bridgehead atoms. The van der Waals surface area contributed by atoms with Crippen LogP contribution in [0.3, 0.4) is 0 Å². The minimum Gasteiger partial charge on any atom is -0.357 e. The maximum absolute atomic E-state index is 13.6. The van der Waals surface area contributed by atoms with Crippen molar-refractivity contribution >= 4 is 46.3 Å². The molecule has 1 N–H and O–H groups in total. The van der Waals surface area contributed by atoms with E-state index in [-0.39, 0.29) is 17.1 Å². The first kappa shape index (κ1) is 22.9.